The first-order valence-corrected chi connectivity index (χ1v) is 8.83. The van der Waals surface area contributed by atoms with E-state index < -0.39 is 0 Å². The van der Waals surface area contributed by atoms with Crippen LogP contribution in [0.5, 0.6) is 0 Å². The van der Waals surface area contributed by atoms with Crippen LogP contribution in [0.25, 0.3) is 0 Å². The molecule has 0 amide bonds. The van der Waals surface area contributed by atoms with Crippen LogP contribution < -0.4 is 10.6 Å². The molecule has 0 bridgehead atoms. The average Bonchev–Trinajstić information content (AvgIpc) is 2.96. The van der Waals surface area contributed by atoms with Crippen LogP contribution in [0.1, 0.15) is 38.3 Å². The molecule has 1 rings (SSSR count). The van der Waals surface area contributed by atoms with Gasteiger partial charge in [0, 0.05) is 45.1 Å². The van der Waals surface area contributed by atoms with Crippen LogP contribution in [-0.4, -0.2) is 67.6 Å². The molecule has 1 aromatic heterocycles. The Bertz CT molecular complexity index is 471. The molecule has 1 unspecified atom stereocenters. The third-order valence-electron chi connectivity index (χ3n) is 3.71. The fourth-order valence-corrected chi connectivity index (χ4v) is 2.38. The highest BCUT2D eigenvalue weighted by Gasteiger charge is 2.15. The molecule has 0 saturated heterocycles. The molecular weight excluding hydrogens is 304 g/mol. The van der Waals surface area contributed by atoms with Crippen molar-refractivity contribution in [1.82, 2.24) is 25.3 Å². The third-order valence-corrected chi connectivity index (χ3v) is 3.71. The summed E-state index contributed by atoms with van der Waals surface area (Å²) in [6.45, 7) is 8.16. The Morgan fingerprint density at radius 1 is 1.33 bits per heavy atom. The summed E-state index contributed by atoms with van der Waals surface area (Å²) < 4.78 is 7.19. The minimum Gasteiger partial charge on any atom is -0.382 e. The van der Waals surface area contributed by atoms with Gasteiger partial charge in [-0.1, -0.05) is 0 Å². The van der Waals surface area contributed by atoms with Gasteiger partial charge in [-0.25, -0.2) is 0 Å². The zero-order chi connectivity index (χ0) is 17.8. The molecule has 2 N–H and O–H groups in total. The Morgan fingerprint density at radius 2 is 2.12 bits per heavy atom. The molecule has 1 heterocycles. The van der Waals surface area contributed by atoms with E-state index in [-0.39, 0.29) is 6.04 Å². The maximum absolute atomic E-state index is 5.36. The molecule has 0 aliphatic rings. The number of rotatable bonds is 11. The van der Waals surface area contributed by atoms with Gasteiger partial charge in [0.15, 0.2) is 5.96 Å². The van der Waals surface area contributed by atoms with Crippen LogP contribution in [0.2, 0.25) is 0 Å². The van der Waals surface area contributed by atoms with Gasteiger partial charge in [-0.15, -0.1) is 0 Å². The number of nitrogens with zero attached hydrogens (tertiary/aromatic N) is 4. The highest BCUT2D eigenvalue weighted by Crippen LogP contribution is 2.17. The van der Waals surface area contributed by atoms with E-state index in [0.717, 1.165) is 45.1 Å². The van der Waals surface area contributed by atoms with Crippen LogP contribution >= 0.6 is 0 Å². The lowest BCUT2D eigenvalue weighted by molar-refractivity contribution is 0.143. The lowest BCUT2D eigenvalue weighted by Gasteiger charge is -2.22. The first kappa shape index (κ1) is 20.4. The summed E-state index contributed by atoms with van der Waals surface area (Å²) in [6.07, 6.45) is 6.10. The Labute approximate surface area is 146 Å². The lowest BCUT2D eigenvalue weighted by atomic mass is 10.1. The first-order valence-electron chi connectivity index (χ1n) is 8.83. The summed E-state index contributed by atoms with van der Waals surface area (Å²) in [4.78, 5) is 6.91. The fraction of sp³-hybridized carbons (Fsp3) is 0.765. The van der Waals surface area contributed by atoms with Gasteiger partial charge in [-0.2, -0.15) is 5.10 Å². The number of likely N-dealkylation sites (N-methyl/N-ethyl adjacent to an activating group) is 1. The molecule has 1 aromatic rings. The van der Waals surface area contributed by atoms with Crippen LogP contribution in [0, 0.1) is 0 Å². The Hall–Kier alpha value is -1.60. The number of guanidine groups is 1. The second-order valence-corrected chi connectivity index (χ2v) is 5.98. The van der Waals surface area contributed by atoms with Gasteiger partial charge in [0.25, 0.3) is 0 Å². The van der Waals surface area contributed by atoms with E-state index in [4.69, 9.17) is 9.73 Å². The number of nitrogens with one attached hydrogen (secondary N) is 2. The van der Waals surface area contributed by atoms with Gasteiger partial charge in [0.2, 0.25) is 0 Å². The normalized spacial score (nSPS) is 13.3. The van der Waals surface area contributed by atoms with Crippen molar-refractivity contribution in [2.24, 2.45) is 12.0 Å². The van der Waals surface area contributed by atoms with Gasteiger partial charge >= 0.3 is 0 Å². The zero-order valence-electron chi connectivity index (χ0n) is 15.9. The smallest absolute Gasteiger partial charge is 0.191 e. The SMILES string of the molecule is CCNC(=NCC(c1cnn(C)c1)N(C)C)NCCCCOCC. The molecule has 138 valence electrons. The van der Waals surface area contributed by atoms with E-state index in [2.05, 4.69) is 41.7 Å². The predicted molar refractivity (Wildman–Crippen MR) is 99.3 cm³/mol. The number of hydrogen-bond donors (Lipinski definition) is 2. The molecule has 0 spiro atoms. The van der Waals surface area contributed by atoms with Crippen molar-refractivity contribution in [2.75, 3.05) is 46.9 Å². The van der Waals surface area contributed by atoms with Crippen LogP contribution in [-0.2, 0) is 11.8 Å². The van der Waals surface area contributed by atoms with Gasteiger partial charge in [-0.3, -0.25) is 9.67 Å². The van der Waals surface area contributed by atoms with Crippen LogP contribution in [0.15, 0.2) is 17.4 Å². The Morgan fingerprint density at radius 3 is 2.71 bits per heavy atom. The van der Waals surface area contributed by atoms with E-state index in [9.17, 15) is 0 Å². The Kier molecular flexibility index (Phi) is 10.1. The summed E-state index contributed by atoms with van der Waals surface area (Å²) in [6, 6.07) is 0.215. The summed E-state index contributed by atoms with van der Waals surface area (Å²) in [5.41, 5.74) is 1.18. The van der Waals surface area contributed by atoms with Crippen molar-refractivity contribution in [2.45, 2.75) is 32.7 Å². The maximum atomic E-state index is 5.36. The molecule has 0 fully saturated rings. The van der Waals surface area contributed by atoms with Gasteiger partial charge in [0.1, 0.15) is 0 Å². The lowest BCUT2D eigenvalue weighted by Crippen LogP contribution is -2.38. The van der Waals surface area contributed by atoms with Crippen molar-refractivity contribution >= 4 is 5.96 Å². The second kappa shape index (κ2) is 11.9. The first-order chi connectivity index (χ1) is 11.6. The van der Waals surface area contributed by atoms with E-state index in [1.165, 1.54) is 5.56 Å². The van der Waals surface area contributed by atoms with Crippen molar-refractivity contribution in [3.63, 3.8) is 0 Å². The number of ether oxygens (including phenoxy) is 1. The Balaban J connectivity index is 2.52. The predicted octanol–water partition coefficient (Wildman–Crippen LogP) is 1.39. The highest BCUT2D eigenvalue weighted by molar-refractivity contribution is 5.79. The van der Waals surface area contributed by atoms with E-state index >= 15 is 0 Å². The summed E-state index contributed by atoms with van der Waals surface area (Å²) >= 11 is 0. The highest BCUT2D eigenvalue weighted by atomic mass is 16.5. The molecule has 1 atom stereocenters. The molecular formula is C17H34N6O. The largest absolute Gasteiger partial charge is 0.382 e. The van der Waals surface area contributed by atoms with Gasteiger partial charge < -0.3 is 20.3 Å². The summed E-state index contributed by atoms with van der Waals surface area (Å²) in [7, 11) is 6.08. The van der Waals surface area contributed by atoms with E-state index in [1.54, 1.807) is 0 Å². The number of aromatic nitrogens is 2. The van der Waals surface area contributed by atoms with Crippen LogP contribution in [0.4, 0.5) is 0 Å². The van der Waals surface area contributed by atoms with Gasteiger partial charge in [0.05, 0.1) is 18.8 Å². The van der Waals surface area contributed by atoms with Crippen LogP contribution in [0.3, 0.4) is 0 Å². The zero-order valence-corrected chi connectivity index (χ0v) is 15.9. The maximum Gasteiger partial charge on any atom is 0.191 e. The number of hydrogen-bond acceptors (Lipinski definition) is 4. The van der Waals surface area contributed by atoms with Gasteiger partial charge in [-0.05, 0) is 40.8 Å². The molecule has 24 heavy (non-hydrogen) atoms. The number of aliphatic imine (C=N–C) groups is 1. The third kappa shape index (κ3) is 7.79. The molecule has 0 aromatic carbocycles. The summed E-state index contributed by atoms with van der Waals surface area (Å²) in [5.74, 6) is 0.865. The second-order valence-electron chi connectivity index (χ2n) is 5.98. The minimum atomic E-state index is 0.215. The fourth-order valence-electron chi connectivity index (χ4n) is 2.38. The van der Waals surface area contributed by atoms with Crippen molar-refractivity contribution in [3.8, 4) is 0 Å². The van der Waals surface area contributed by atoms with E-state index in [1.807, 2.05) is 31.0 Å². The standard InChI is InChI=1S/C17H34N6O/c1-6-18-17(19-10-8-9-11-24-7-2)20-13-16(22(3)4)15-12-21-23(5)14-15/h12,14,16H,6-11,13H2,1-5H3,(H2,18,19,20). The molecule has 0 aliphatic heterocycles. The molecule has 0 saturated carbocycles. The number of aryl methyl sites for hydroxylation is 1. The summed E-state index contributed by atoms with van der Waals surface area (Å²) in [5, 5.41) is 11.0. The number of unbranched alkanes of at least 4 members (excludes halogenated alkanes) is 1. The topological polar surface area (TPSA) is 66.7 Å². The van der Waals surface area contributed by atoms with E-state index in [0.29, 0.717) is 6.54 Å². The molecule has 0 radical (unpaired) electrons. The van der Waals surface area contributed by atoms with Crippen molar-refractivity contribution < 1.29 is 4.74 Å². The van der Waals surface area contributed by atoms with Crippen molar-refractivity contribution in [3.05, 3.63) is 18.0 Å². The minimum absolute atomic E-state index is 0.215. The quantitative estimate of drug-likeness (QED) is 0.363. The van der Waals surface area contributed by atoms with Crippen molar-refractivity contribution in [1.29, 1.82) is 0 Å². The monoisotopic (exact) mass is 338 g/mol. The average molecular weight is 339 g/mol. The molecule has 7 heteroatoms. The molecule has 0 aliphatic carbocycles. The molecule has 7 nitrogen and oxygen atoms in total.